The van der Waals surface area contributed by atoms with Crippen LogP contribution in [0.5, 0.6) is 0 Å². The first-order valence-electron chi connectivity index (χ1n) is 3.33. The average molecular weight is 127 g/mol. The Bertz CT molecular complexity index is 106. The minimum Gasteiger partial charge on any atom is -0.392 e. The van der Waals surface area contributed by atoms with E-state index in [1.165, 1.54) is 0 Å². The fourth-order valence-electron chi connectivity index (χ4n) is 0.734. The molecule has 0 fully saturated rings. The van der Waals surface area contributed by atoms with E-state index in [9.17, 15) is 0 Å². The fraction of sp³-hybridized carbons (Fsp3) is 0.857. The Hall–Kier alpha value is -0.550. The Morgan fingerprint density at radius 1 is 1.44 bits per heavy atom. The van der Waals surface area contributed by atoms with Crippen LogP contribution >= 0.6 is 0 Å². The van der Waals surface area contributed by atoms with Gasteiger partial charge in [0.15, 0.2) is 0 Å². The summed E-state index contributed by atoms with van der Waals surface area (Å²) >= 11 is 0. The second kappa shape index (κ2) is 4.34. The molecule has 0 unspecified atom stereocenters. The van der Waals surface area contributed by atoms with Gasteiger partial charge in [-0.15, -0.1) is 0 Å². The third-order valence-corrected chi connectivity index (χ3v) is 1.49. The van der Waals surface area contributed by atoms with Gasteiger partial charge in [-0.05, 0) is 12.8 Å². The Morgan fingerprint density at radius 3 is 2.11 bits per heavy atom. The van der Waals surface area contributed by atoms with E-state index in [1.54, 1.807) is 0 Å². The molecule has 0 spiro atoms. The van der Waals surface area contributed by atoms with Crippen LogP contribution in [0.25, 0.3) is 0 Å². The molecule has 0 aliphatic carbocycles. The standard InChI is InChI=1S/C7H13NO/c1-3-6(5-8)7(9)4-2/h6-7,9H,3-4H2,1-2H3/t6-,7-/m1/s1. The number of hydrogen-bond donors (Lipinski definition) is 1. The second-order valence-corrected chi connectivity index (χ2v) is 2.12. The molecular formula is C7H13NO. The van der Waals surface area contributed by atoms with Crippen molar-refractivity contribution >= 4 is 0 Å². The van der Waals surface area contributed by atoms with Crippen molar-refractivity contribution in [3.05, 3.63) is 0 Å². The van der Waals surface area contributed by atoms with E-state index in [2.05, 4.69) is 6.07 Å². The summed E-state index contributed by atoms with van der Waals surface area (Å²) in [5.74, 6) is -0.171. The summed E-state index contributed by atoms with van der Waals surface area (Å²) in [5.41, 5.74) is 0. The van der Waals surface area contributed by atoms with Crippen molar-refractivity contribution in [2.45, 2.75) is 32.8 Å². The van der Waals surface area contributed by atoms with E-state index in [-0.39, 0.29) is 5.92 Å². The predicted molar refractivity (Wildman–Crippen MR) is 35.7 cm³/mol. The molecule has 0 aliphatic heterocycles. The summed E-state index contributed by atoms with van der Waals surface area (Å²) in [7, 11) is 0. The van der Waals surface area contributed by atoms with Gasteiger partial charge in [-0.2, -0.15) is 5.26 Å². The SMILES string of the molecule is CC[C@@H](O)[C@@H](C#N)CC. The van der Waals surface area contributed by atoms with E-state index in [1.807, 2.05) is 13.8 Å². The van der Waals surface area contributed by atoms with Gasteiger partial charge in [0, 0.05) is 0 Å². The Morgan fingerprint density at radius 2 is 2.00 bits per heavy atom. The van der Waals surface area contributed by atoms with E-state index in [4.69, 9.17) is 10.4 Å². The van der Waals surface area contributed by atoms with Crippen molar-refractivity contribution in [2.24, 2.45) is 5.92 Å². The molecule has 9 heavy (non-hydrogen) atoms. The maximum absolute atomic E-state index is 9.10. The van der Waals surface area contributed by atoms with E-state index < -0.39 is 6.10 Å². The van der Waals surface area contributed by atoms with Crippen LogP contribution in [0.2, 0.25) is 0 Å². The average Bonchev–Trinajstić information content (AvgIpc) is 1.90. The lowest BCUT2D eigenvalue weighted by Crippen LogP contribution is -2.16. The minimum atomic E-state index is -0.431. The van der Waals surface area contributed by atoms with Gasteiger partial charge in [-0.25, -0.2) is 0 Å². The molecule has 0 aliphatic rings. The Kier molecular flexibility index (Phi) is 4.08. The van der Waals surface area contributed by atoms with Crippen LogP contribution in [0, 0.1) is 17.2 Å². The highest BCUT2D eigenvalue weighted by atomic mass is 16.3. The maximum Gasteiger partial charge on any atom is 0.0720 e. The fourth-order valence-corrected chi connectivity index (χ4v) is 0.734. The molecule has 0 rings (SSSR count). The lowest BCUT2D eigenvalue weighted by Gasteiger charge is -2.10. The molecule has 2 heteroatoms. The first kappa shape index (κ1) is 8.45. The van der Waals surface area contributed by atoms with Gasteiger partial charge in [0.25, 0.3) is 0 Å². The van der Waals surface area contributed by atoms with E-state index >= 15 is 0 Å². The molecule has 0 aromatic heterocycles. The van der Waals surface area contributed by atoms with Crippen LogP contribution in [0.3, 0.4) is 0 Å². The summed E-state index contributed by atoms with van der Waals surface area (Å²) in [6.45, 7) is 3.79. The topological polar surface area (TPSA) is 44.0 Å². The van der Waals surface area contributed by atoms with Crippen LogP contribution < -0.4 is 0 Å². The second-order valence-electron chi connectivity index (χ2n) is 2.12. The minimum absolute atomic E-state index is 0.171. The number of aliphatic hydroxyl groups excluding tert-OH is 1. The highest BCUT2D eigenvalue weighted by Crippen LogP contribution is 2.09. The highest BCUT2D eigenvalue weighted by molar-refractivity contribution is 4.86. The number of aliphatic hydroxyl groups is 1. The van der Waals surface area contributed by atoms with Crippen LogP contribution in [-0.2, 0) is 0 Å². The van der Waals surface area contributed by atoms with Crippen LogP contribution in [-0.4, -0.2) is 11.2 Å². The van der Waals surface area contributed by atoms with Crippen LogP contribution in [0.1, 0.15) is 26.7 Å². The summed E-state index contributed by atoms with van der Waals surface area (Å²) < 4.78 is 0. The Balaban J connectivity index is 3.68. The van der Waals surface area contributed by atoms with Gasteiger partial charge < -0.3 is 5.11 Å². The monoisotopic (exact) mass is 127 g/mol. The van der Waals surface area contributed by atoms with Crippen molar-refractivity contribution in [1.29, 1.82) is 5.26 Å². The van der Waals surface area contributed by atoms with Crippen molar-refractivity contribution < 1.29 is 5.11 Å². The van der Waals surface area contributed by atoms with E-state index in [0.29, 0.717) is 6.42 Å². The van der Waals surface area contributed by atoms with E-state index in [0.717, 1.165) is 6.42 Å². The third-order valence-electron chi connectivity index (χ3n) is 1.49. The van der Waals surface area contributed by atoms with Gasteiger partial charge in [-0.3, -0.25) is 0 Å². The van der Waals surface area contributed by atoms with Crippen molar-refractivity contribution in [2.75, 3.05) is 0 Å². The number of nitrogens with zero attached hydrogens (tertiary/aromatic N) is 1. The van der Waals surface area contributed by atoms with Crippen molar-refractivity contribution in [3.63, 3.8) is 0 Å². The molecule has 0 saturated heterocycles. The van der Waals surface area contributed by atoms with Gasteiger partial charge in [-0.1, -0.05) is 13.8 Å². The highest BCUT2D eigenvalue weighted by Gasteiger charge is 2.13. The lowest BCUT2D eigenvalue weighted by molar-refractivity contribution is 0.127. The first-order valence-corrected chi connectivity index (χ1v) is 3.33. The third kappa shape index (κ3) is 2.48. The molecule has 0 aromatic carbocycles. The first-order chi connectivity index (χ1) is 4.26. The molecule has 0 radical (unpaired) electrons. The van der Waals surface area contributed by atoms with Crippen molar-refractivity contribution in [1.82, 2.24) is 0 Å². The summed E-state index contributed by atoms with van der Waals surface area (Å²) in [6, 6.07) is 2.05. The smallest absolute Gasteiger partial charge is 0.0720 e. The molecule has 2 nitrogen and oxygen atoms in total. The summed E-state index contributed by atoms with van der Waals surface area (Å²) in [5, 5.41) is 17.5. The summed E-state index contributed by atoms with van der Waals surface area (Å²) in [6.07, 6.45) is 0.984. The zero-order chi connectivity index (χ0) is 7.28. The van der Waals surface area contributed by atoms with Gasteiger partial charge in [0.05, 0.1) is 18.1 Å². The summed E-state index contributed by atoms with van der Waals surface area (Å²) in [4.78, 5) is 0. The van der Waals surface area contributed by atoms with Gasteiger partial charge in [0.1, 0.15) is 0 Å². The predicted octanol–water partition coefficient (Wildman–Crippen LogP) is 1.31. The van der Waals surface area contributed by atoms with Crippen LogP contribution in [0.15, 0.2) is 0 Å². The zero-order valence-electron chi connectivity index (χ0n) is 5.96. The number of hydrogen-bond acceptors (Lipinski definition) is 2. The number of nitriles is 1. The normalized spacial score (nSPS) is 16.2. The molecule has 0 amide bonds. The zero-order valence-corrected chi connectivity index (χ0v) is 5.96. The Labute approximate surface area is 56.1 Å². The molecule has 0 aromatic rings. The van der Waals surface area contributed by atoms with Gasteiger partial charge >= 0.3 is 0 Å². The quantitative estimate of drug-likeness (QED) is 0.621. The largest absolute Gasteiger partial charge is 0.392 e. The molecule has 0 bridgehead atoms. The molecule has 0 saturated carbocycles. The number of rotatable bonds is 3. The van der Waals surface area contributed by atoms with Crippen molar-refractivity contribution in [3.8, 4) is 6.07 Å². The van der Waals surface area contributed by atoms with Gasteiger partial charge in [0.2, 0.25) is 0 Å². The molecule has 2 atom stereocenters. The molecule has 52 valence electrons. The van der Waals surface area contributed by atoms with Crippen LogP contribution in [0.4, 0.5) is 0 Å². The molecule has 1 N–H and O–H groups in total. The maximum atomic E-state index is 9.10. The molecule has 0 heterocycles. The molecular weight excluding hydrogens is 114 g/mol. The lowest BCUT2D eigenvalue weighted by atomic mass is 10.00.